The number of amides is 2. The molecule has 0 N–H and O–H groups in total. The van der Waals surface area contributed by atoms with E-state index in [-0.39, 0.29) is 80.6 Å². The molecule has 2 saturated heterocycles. The summed E-state index contributed by atoms with van der Waals surface area (Å²) in [4.78, 5) is 65.3. The van der Waals surface area contributed by atoms with E-state index in [1.165, 1.54) is 26.7 Å². The Hall–Kier alpha value is -11.0. The average molecular weight is 1620 g/mol. The van der Waals surface area contributed by atoms with Gasteiger partial charge in [-0.15, -0.1) is 0 Å². The number of carbonyl (C=O) groups is 5. The van der Waals surface area contributed by atoms with Gasteiger partial charge in [0.25, 0.3) is 11.8 Å². The largest absolute Gasteiger partial charge is 0.452 e. The lowest BCUT2D eigenvalue weighted by Gasteiger charge is -2.26. The number of Topliss-reactive ketones (excluding diaryl/α,β-unsaturated/α-hetero) is 3. The van der Waals surface area contributed by atoms with Crippen molar-refractivity contribution in [3.63, 3.8) is 0 Å². The van der Waals surface area contributed by atoms with Gasteiger partial charge >= 0.3 is 30.9 Å². The van der Waals surface area contributed by atoms with Crippen LogP contribution in [0.3, 0.4) is 0 Å². The van der Waals surface area contributed by atoms with Gasteiger partial charge in [0.1, 0.15) is 28.5 Å². The van der Waals surface area contributed by atoms with Crippen molar-refractivity contribution in [1.29, 1.82) is 0 Å². The second-order valence-electron chi connectivity index (χ2n) is 29.3. The van der Waals surface area contributed by atoms with Crippen LogP contribution in [0.25, 0.3) is 56.3 Å². The lowest BCUT2D eigenvalue weighted by atomic mass is 9.84. The van der Waals surface area contributed by atoms with Crippen molar-refractivity contribution in [2.24, 2.45) is 17.3 Å². The van der Waals surface area contributed by atoms with Crippen LogP contribution in [0.2, 0.25) is 0 Å². The minimum Gasteiger partial charge on any atom is -0.351 e. The third-order valence-corrected chi connectivity index (χ3v) is 19.8. The zero-order valence-corrected chi connectivity index (χ0v) is 63.0. The molecule has 5 aromatic heterocycles. The van der Waals surface area contributed by atoms with Crippen LogP contribution in [0.1, 0.15) is 215 Å². The Morgan fingerprint density at radius 1 is 0.322 bits per heavy atom. The lowest BCUT2D eigenvalue weighted by molar-refractivity contribution is -0.156. The van der Waals surface area contributed by atoms with Gasteiger partial charge in [-0.25, -0.2) is 0 Å². The molecule has 7 heterocycles. The number of ketones is 3. The van der Waals surface area contributed by atoms with E-state index in [1.54, 1.807) is 147 Å². The van der Waals surface area contributed by atoms with Gasteiger partial charge in [-0.05, 0) is 102 Å². The molecule has 0 bridgehead atoms. The summed E-state index contributed by atoms with van der Waals surface area (Å²) < 4.78 is 211. The van der Waals surface area contributed by atoms with Gasteiger partial charge in [-0.3, -0.25) is 24.0 Å². The van der Waals surface area contributed by atoms with Gasteiger partial charge in [-0.2, -0.15) is 65.9 Å². The summed E-state index contributed by atoms with van der Waals surface area (Å²) in [5.74, 6) is -5.35. The summed E-state index contributed by atoms with van der Waals surface area (Å²) in [6.07, 6.45) is -6.21. The number of carbonyl (C=O) groups excluding carboxylic acids is 5. The van der Waals surface area contributed by atoms with Crippen LogP contribution < -0.4 is 0 Å². The van der Waals surface area contributed by atoms with E-state index in [0.717, 1.165) is 134 Å². The molecule has 0 atom stereocenters. The predicted octanol–water partition coefficient (Wildman–Crippen LogP) is 23.4. The number of hydrogen-bond acceptors (Lipinski definition) is 15. The molecular weight excluding hydrogens is 1540 g/mol. The van der Waals surface area contributed by atoms with Crippen LogP contribution in [0.5, 0.6) is 0 Å². The highest BCUT2D eigenvalue weighted by Crippen LogP contribution is 2.41. The number of piperidine rings is 2. The third-order valence-electron chi connectivity index (χ3n) is 19.8. The molecule has 10 aromatic rings. The zero-order chi connectivity index (χ0) is 83.4. The van der Waals surface area contributed by atoms with E-state index in [1.807, 2.05) is 4.90 Å². The summed E-state index contributed by atoms with van der Waals surface area (Å²) in [5, 5.41) is 17.3. The maximum absolute atomic E-state index is 12.8. The summed E-state index contributed by atoms with van der Waals surface area (Å²) in [7, 11) is 0. The molecule has 17 nitrogen and oxygen atoms in total. The molecule has 0 radical (unpaired) electrons. The first-order valence-electron chi connectivity index (χ1n) is 37.2. The molecule has 2 aliphatic carbocycles. The van der Waals surface area contributed by atoms with Crippen LogP contribution >= 0.6 is 0 Å². The monoisotopic (exact) mass is 1620 g/mol. The number of benzene rings is 5. The highest BCUT2D eigenvalue weighted by molar-refractivity contribution is 6.01. The van der Waals surface area contributed by atoms with E-state index in [2.05, 4.69) is 48.4 Å². The molecule has 14 rings (SSSR count). The molecule has 5 aromatic carbocycles. The molecule has 4 fully saturated rings. The van der Waals surface area contributed by atoms with Crippen molar-refractivity contribution in [1.82, 2.24) is 35.6 Å². The van der Waals surface area contributed by atoms with E-state index < -0.39 is 65.1 Å². The molecule has 2 amide bonds. The standard InChI is InChI=1S/C18H18F3NO2.C17H17F3N2O2.C17H16F3NO2.C16H15F3N2O2.C15H14F3NO2/c1-11-15(22-24-17(11)18(19,20)21)12-7-9-14(10-8-12)16(23)13-5-3-2-4-6-13;1-11-14(21-24-15(11)17(18,19)20)12-5-7-13(8-6-12)16(23)22-9-3-2-4-10-22;18-17(19,20)15-10-14(21-23-15)11-6-8-13(9-7-11)16(22)12-4-2-1-3-5-12;17-16(18,19)14-10-13(20-23-14)11-4-6-12(7-5-11)15(22)21-8-2-1-3-9-21;1-14(2,3)13(20)10-6-4-9(5-7-10)11-8-12(21-19-11)15(16,17)18/h7-10,13H,2-6H2,1H3;5-8H,2-4,9-10H2,1H3;6-10,12H,1-5H2;4-7,10H,1-3,8-9H2;4-8H,1-3H3. The smallest absolute Gasteiger partial charge is 0.351 e. The van der Waals surface area contributed by atoms with Crippen molar-refractivity contribution < 1.29 is 112 Å². The Kier molecular flexibility index (Phi) is 27.6. The minimum atomic E-state index is -4.57. The normalized spacial score (nSPS) is 15.4. The lowest BCUT2D eigenvalue weighted by Crippen LogP contribution is -2.35. The van der Waals surface area contributed by atoms with Crippen LogP contribution in [0, 0.1) is 31.1 Å². The van der Waals surface area contributed by atoms with Gasteiger partial charge in [0.2, 0.25) is 28.8 Å². The first-order valence-corrected chi connectivity index (χ1v) is 37.2. The van der Waals surface area contributed by atoms with E-state index in [4.69, 9.17) is 0 Å². The zero-order valence-electron chi connectivity index (χ0n) is 63.0. The molecular formula is C83H80F15N7O10. The molecule has 612 valence electrons. The number of rotatable bonds is 12. The van der Waals surface area contributed by atoms with Gasteiger partial charge in [0, 0.05) is 128 Å². The fourth-order valence-corrected chi connectivity index (χ4v) is 13.5. The van der Waals surface area contributed by atoms with Gasteiger partial charge in [-0.1, -0.05) is 182 Å². The minimum absolute atomic E-state index is 0.0369. The Labute approximate surface area is 649 Å². The maximum atomic E-state index is 12.8. The summed E-state index contributed by atoms with van der Waals surface area (Å²) >= 11 is 0. The quantitative estimate of drug-likeness (QED) is 0.0819. The SMILES string of the molecule is CC(C)(C)C(=O)c1ccc(-c2cc(C(F)(F)F)on2)cc1.Cc1c(-c2ccc(C(=O)C3CCCCC3)cc2)noc1C(F)(F)F.Cc1c(-c2ccc(C(=O)N3CCCCC3)cc2)noc1C(F)(F)F.O=C(c1ccc(-c2cc(C(F)(F)F)on2)cc1)C1CCCCC1.O=C(c1ccc(-c2cc(C(F)(F)F)on2)cc1)N1CCCCC1. The van der Waals surface area contributed by atoms with E-state index >= 15 is 0 Å². The topological polar surface area (TPSA) is 222 Å². The number of likely N-dealkylation sites (tertiary alicyclic amines) is 2. The fraction of sp³-hybridized carbons (Fsp3) is 0.398. The number of nitrogens with zero attached hydrogens (tertiary/aromatic N) is 7. The maximum Gasteiger partial charge on any atom is 0.452 e. The van der Waals surface area contributed by atoms with E-state index in [0.29, 0.717) is 55.6 Å². The molecule has 0 unspecified atom stereocenters. The number of alkyl halides is 15. The van der Waals surface area contributed by atoms with Crippen molar-refractivity contribution >= 4 is 29.2 Å². The molecule has 115 heavy (non-hydrogen) atoms. The molecule has 0 spiro atoms. The molecule has 32 heteroatoms. The van der Waals surface area contributed by atoms with Gasteiger partial charge < -0.3 is 32.4 Å². The fourth-order valence-electron chi connectivity index (χ4n) is 13.5. The number of halogens is 15. The summed E-state index contributed by atoms with van der Waals surface area (Å²) in [6.45, 7) is 11.0. The highest BCUT2D eigenvalue weighted by atomic mass is 19.4. The van der Waals surface area contributed by atoms with Gasteiger partial charge in [0.15, 0.2) is 17.3 Å². The third kappa shape index (κ3) is 22.5. The van der Waals surface area contributed by atoms with Crippen molar-refractivity contribution in [2.75, 3.05) is 26.2 Å². The molecule has 2 saturated carbocycles. The summed E-state index contributed by atoms with van der Waals surface area (Å²) in [5.41, 5.74) is 5.11. The second-order valence-corrected chi connectivity index (χ2v) is 29.3. The Bertz CT molecular complexity index is 4660. The summed E-state index contributed by atoms with van der Waals surface area (Å²) in [6, 6.07) is 34.7. The number of hydrogen-bond donors (Lipinski definition) is 0. The van der Waals surface area contributed by atoms with Crippen LogP contribution in [0.15, 0.2) is 162 Å². The van der Waals surface area contributed by atoms with Crippen LogP contribution in [-0.4, -0.2) is 90.9 Å². The average Bonchev–Trinajstić information content (AvgIpc) is 1.67. The predicted molar refractivity (Wildman–Crippen MR) is 389 cm³/mol. The Morgan fingerprint density at radius 3 is 0.835 bits per heavy atom. The van der Waals surface area contributed by atoms with Crippen LogP contribution in [0.4, 0.5) is 65.9 Å². The van der Waals surface area contributed by atoms with Crippen LogP contribution in [-0.2, 0) is 30.9 Å². The number of aromatic nitrogens is 5. The van der Waals surface area contributed by atoms with Crippen molar-refractivity contribution in [2.45, 2.75) is 168 Å². The molecule has 4 aliphatic rings. The molecule has 2 aliphatic heterocycles. The van der Waals surface area contributed by atoms with Crippen molar-refractivity contribution in [3.05, 3.63) is 207 Å². The first-order chi connectivity index (χ1) is 54.2. The van der Waals surface area contributed by atoms with Crippen molar-refractivity contribution in [3.8, 4) is 56.3 Å². The van der Waals surface area contributed by atoms with Gasteiger partial charge in [0.05, 0.1) is 0 Å². The Morgan fingerprint density at radius 2 is 0.583 bits per heavy atom. The second kappa shape index (κ2) is 36.7. The first kappa shape index (κ1) is 86.5. The highest BCUT2D eigenvalue weighted by Gasteiger charge is 2.42. The Balaban J connectivity index is 0.000000152. The van der Waals surface area contributed by atoms with E-state index in [9.17, 15) is 89.8 Å².